The van der Waals surface area contributed by atoms with Crippen molar-refractivity contribution in [3.63, 3.8) is 0 Å². The number of hydrogen-bond donors (Lipinski definition) is 1. The maximum Gasteiger partial charge on any atom is 0.000844 e. The van der Waals surface area contributed by atoms with Crippen molar-refractivity contribution in [3.8, 4) is 0 Å². The Kier molecular flexibility index (Phi) is 1.65. The molecule has 29 valence electrons. The van der Waals surface area contributed by atoms with Crippen molar-refractivity contribution >= 4 is 0 Å². The van der Waals surface area contributed by atoms with E-state index in [9.17, 15) is 0 Å². The Balaban J connectivity index is 3.14. The molecule has 0 aliphatic rings. The summed E-state index contributed by atoms with van der Waals surface area (Å²) < 4.78 is 0. The molecule has 0 aromatic rings. The van der Waals surface area contributed by atoms with E-state index in [0.717, 1.165) is 5.70 Å². The zero-order valence-electron chi connectivity index (χ0n) is 3.36. The molecular weight excluding hydrogens is 62.1 g/mol. The maximum atomic E-state index is 5.09. The van der Waals surface area contributed by atoms with Crippen LogP contribution in [-0.4, -0.2) is 0 Å². The quantitative estimate of drug-likeness (QED) is 0.445. The van der Waals surface area contributed by atoms with Gasteiger partial charge in [0, 0.05) is 5.70 Å². The predicted octanol–water partition coefficient (Wildman–Crippen LogP) is 0.683. The fourth-order valence-corrected chi connectivity index (χ4v) is 0. The Morgan fingerprint density at radius 3 is 2.20 bits per heavy atom. The molecule has 5 heavy (non-hydrogen) atoms. The van der Waals surface area contributed by atoms with E-state index in [-0.39, 0.29) is 0 Å². The van der Waals surface area contributed by atoms with Crippen molar-refractivity contribution in [3.05, 3.63) is 18.7 Å². The molecule has 0 atom stereocenters. The first-order valence-corrected chi connectivity index (χ1v) is 1.49. The molecule has 0 heterocycles. The molecule has 0 aliphatic heterocycles. The van der Waals surface area contributed by atoms with E-state index in [1.54, 1.807) is 13.0 Å². The third-order valence-electron chi connectivity index (χ3n) is 0.322. The van der Waals surface area contributed by atoms with Crippen molar-refractivity contribution in [1.82, 2.24) is 0 Å². The zero-order chi connectivity index (χ0) is 4.28. The van der Waals surface area contributed by atoms with E-state index in [1.807, 2.05) is 0 Å². The summed E-state index contributed by atoms with van der Waals surface area (Å²) in [5.74, 6) is 0. The van der Waals surface area contributed by atoms with Gasteiger partial charge < -0.3 is 5.73 Å². The highest BCUT2D eigenvalue weighted by molar-refractivity contribution is 4.92. The molecule has 0 amide bonds. The van der Waals surface area contributed by atoms with Gasteiger partial charge in [-0.25, -0.2) is 0 Å². The highest BCUT2D eigenvalue weighted by Crippen LogP contribution is 1.70. The van der Waals surface area contributed by atoms with Crippen LogP contribution in [-0.2, 0) is 0 Å². The van der Waals surface area contributed by atoms with Gasteiger partial charge in [-0.15, -0.1) is 0 Å². The zero-order valence-corrected chi connectivity index (χ0v) is 3.36. The van der Waals surface area contributed by atoms with Gasteiger partial charge in [0.1, 0.15) is 0 Å². The van der Waals surface area contributed by atoms with Crippen LogP contribution in [0.25, 0.3) is 0 Å². The number of hydrogen-bond acceptors (Lipinski definition) is 1. The second-order valence-corrected chi connectivity index (χ2v) is 0.948. The van der Waals surface area contributed by atoms with Gasteiger partial charge in [0.25, 0.3) is 0 Å². The van der Waals surface area contributed by atoms with Gasteiger partial charge in [0.05, 0.1) is 0 Å². The van der Waals surface area contributed by atoms with Gasteiger partial charge in [-0.2, -0.15) is 0 Å². The lowest BCUT2D eigenvalue weighted by atomic mass is 10.5. The first-order valence-electron chi connectivity index (χ1n) is 1.49. The molecule has 0 saturated heterocycles. The van der Waals surface area contributed by atoms with Crippen LogP contribution in [0.15, 0.2) is 11.8 Å². The van der Waals surface area contributed by atoms with Crippen molar-refractivity contribution in [2.75, 3.05) is 0 Å². The van der Waals surface area contributed by atoms with Gasteiger partial charge in [-0.05, 0) is 13.8 Å². The van der Waals surface area contributed by atoms with Gasteiger partial charge in [-0.3, -0.25) is 0 Å². The predicted molar refractivity (Wildman–Crippen MR) is 23.3 cm³/mol. The molecule has 2 N–H and O–H groups in total. The summed E-state index contributed by atoms with van der Waals surface area (Å²) in [5, 5.41) is 0. The maximum absolute atomic E-state index is 5.09. The Morgan fingerprint density at radius 2 is 2.20 bits per heavy atom. The lowest BCUT2D eigenvalue weighted by Crippen LogP contribution is -1.86. The lowest BCUT2D eigenvalue weighted by Gasteiger charge is -1.76. The summed E-state index contributed by atoms with van der Waals surface area (Å²) in [6.07, 6.45) is 1.61. The Bertz CT molecular complexity index is 41.6. The van der Waals surface area contributed by atoms with Crippen LogP contribution >= 0.6 is 0 Å². The minimum Gasteiger partial charge on any atom is -0.403 e. The minimum absolute atomic E-state index is 0.769. The molecule has 1 nitrogen and oxygen atoms in total. The van der Waals surface area contributed by atoms with E-state index in [4.69, 9.17) is 5.73 Å². The van der Waals surface area contributed by atoms with Gasteiger partial charge >= 0.3 is 0 Å². The first kappa shape index (κ1) is 4.54. The van der Waals surface area contributed by atoms with Crippen LogP contribution in [0.3, 0.4) is 0 Å². The monoisotopic (exact) mass is 70.1 g/mol. The Hall–Kier alpha value is -0.460. The number of nitrogens with two attached hydrogens (primary N) is 1. The van der Waals surface area contributed by atoms with Crippen molar-refractivity contribution in [1.29, 1.82) is 0 Å². The standard InChI is InChI=1S/C4H8N/c1-3-4(2)5/h3H,1,5H2,2H3. The Labute approximate surface area is 32.5 Å². The summed E-state index contributed by atoms with van der Waals surface area (Å²) in [7, 11) is 0. The van der Waals surface area contributed by atoms with Gasteiger partial charge in [0.15, 0.2) is 0 Å². The fourth-order valence-electron chi connectivity index (χ4n) is 0. The SMILES string of the molecule is [CH2]C=C(C)N. The summed E-state index contributed by atoms with van der Waals surface area (Å²) in [6, 6.07) is 0. The largest absolute Gasteiger partial charge is 0.403 e. The minimum atomic E-state index is 0.769. The van der Waals surface area contributed by atoms with E-state index >= 15 is 0 Å². The van der Waals surface area contributed by atoms with Crippen LogP contribution < -0.4 is 5.73 Å². The molecule has 0 unspecified atom stereocenters. The van der Waals surface area contributed by atoms with Crippen LogP contribution in [0, 0.1) is 6.92 Å². The molecule has 0 aromatic carbocycles. The molecule has 0 saturated carbocycles. The van der Waals surface area contributed by atoms with E-state index in [2.05, 4.69) is 6.92 Å². The van der Waals surface area contributed by atoms with E-state index < -0.39 is 0 Å². The highest BCUT2D eigenvalue weighted by atomic mass is 14.5. The van der Waals surface area contributed by atoms with Crippen molar-refractivity contribution in [2.45, 2.75) is 6.92 Å². The van der Waals surface area contributed by atoms with Crippen LogP contribution in [0.5, 0.6) is 0 Å². The first-order chi connectivity index (χ1) is 2.27. The summed E-state index contributed by atoms with van der Waals surface area (Å²) in [6.45, 7) is 5.20. The molecule has 0 aliphatic carbocycles. The summed E-state index contributed by atoms with van der Waals surface area (Å²) in [5.41, 5.74) is 5.86. The smallest absolute Gasteiger partial charge is 0.000844 e. The lowest BCUT2D eigenvalue weighted by molar-refractivity contribution is 1.32. The number of rotatable bonds is 0. The molecule has 0 bridgehead atoms. The molecule has 0 rings (SSSR count). The molecule has 0 spiro atoms. The number of allylic oxidation sites excluding steroid dienone is 2. The average Bonchev–Trinajstić information content (AvgIpc) is 1.38. The van der Waals surface area contributed by atoms with Crippen molar-refractivity contribution < 1.29 is 0 Å². The normalized spacial score (nSPS) is 12.0. The van der Waals surface area contributed by atoms with Gasteiger partial charge in [-0.1, -0.05) is 6.08 Å². The summed E-state index contributed by atoms with van der Waals surface area (Å²) in [4.78, 5) is 0. The highest BCUT2D eigenvalue weighted by Gasteiger charge is 1.60. The summed E-state index contributed by atoms with van der Waals surface area (Å²) >= 11 is 0. The third kappa shape index (κ3) is 3.54. The molecule has 0 fully saturated rings. The van der Waals surface area contributed by atoms with Crippen LogP contribution in [0.2, 0.25) is 0 Å². The molecular formula is C4H8N. The topological polar surface area (TPSA) is 26.0 Å². The third-order valence-corrected chi connectivity index (χ3v) is 0.322. The molecule has 1 radical (unpaired) electrons. The Morgan fingerprint density at radius 1 is 2.00 bits per heavy atom. The van der Waals surface area contributed by atoms with E-state index in [1.165, 1.54) is 0 Å². The van der Waals surface area contributed by atoms with Gasteiger partial charge in [0.2, 0.25) is 0 Å². The molecule has 1 heteroatoms. The van der Waals surface area contributed by atoms with Crippen molar-refractivity contribution in [2.24, 2.45) is 5.73 Å². The molecule has 0 aromatic heterocycles. The van der Waals surface area contributed by atoms with E-state index in [0.29, 0.717) is 0 Å². The second kappa shape index (κ2) is 1.82. The van der Waals surface area contributed by atoms with Crippen LogP contribution in [0.1, 0.15) is 6.92 Å². The average molecular weight is 70.1 g/mol. The van der Waals surface area contributed by atoms with Crippen LogP contribution in [0.4, 0.5) is 0 Å². The fraction of sp³-hybridized carbons (Fsp3) is 0.250. The second-order valence-electron chi connectivity index (χ2n) is 0.948.